The SMILES string of the molecule is CC(C)OP1(=O)OC[C@]2(C(F)F)O[C@H](n3ccc(N)nc3=O)[C@@H](O)[C@@H]2O1. The van der Waals surface area contributed by atoms with Crippen LogP contribution in [0.15, 0.2) is 17.1 Å². The first-order valence-electron chi connectivity index (χ1n) is 7.68. The van der Waals surface area contributed by atoms with Crippen LogP contribution in [0.4, 0.5) is 14.6 Å². The summed E-state index contributed by atoms with van der Waals surface area (Å²) in [7, 11) is -4.19. The molecule has 2 aliphatic heterocycles. The summed E-state index contributed by atoms with van der Waals surface area (Å²) in [4.78, 5) is 15.4. The van der Waals surface area contributed by atoms with Crippen molar-refractivity contribution in [3.8, 4) is 0 Å². The number of hydrogen-bond acceptors (Lipinski definition) is 9. The van der Waals surface area contributed by atoms with Crippen LogP contribution in [0.5, 0.6) is 0 Å². The minimum Gasteiger partial charge on any atom is -0.386 e. The molecule has 2 aliphatic rings. The van der Waals surface area contributed by atoms with Gasteiger partial charge < -0.3 is 15.6 Å². The molecule has 2 saturated heterocycles. The highest BCUT2D eigenvalue weighted by Gasteiger charge is 2.67. The number of fused-ring (bicyclic) bond motifs is 1. The van der Waals surface area contributed by atoms with E-state index < -0.39 is 56.7 Å². The van der Waals surface area contributed by atoms with Crippen LogP contribution in [0.3, 0.4) is 0 Å². The van der Waals surface area contributed by atoms with Gasteiger partial charge in [-0.05, 0) is 19.9 Å². The quantitative estimate of drug-likeness (QED) is 0.703. The fourth-order valence-corrected chi connectivity index (χ4v) is 4.44. The zero-order valence-electron chi connectivity index (χ0n) is 13.8. The molecule has 0 aliphatic carbocycles. The third kappa shape index (κ3) is 3.17. The van der Waals surface area contributed by atoms with Gasteiger partial charge in [0.05, 0.1) is 12.7 Å². The fourth-order valence-electron chi connectivity index (χ4n) is 2.81. The molecule has 1 unspecified atom stereocenters. The number of nitrogens with two attached hydrogens (primary N) is 1. The lowest BCUT2D eigenvalue weighted by Crippen LogP contribution is -2.56. The summed E-state index contributed by atoms with van der Waals surface area (Å²) in [5.74, 6) is -0.0888. The monoisotopic (exact) mass is 397 g/mol. The first-order chi connectivity index (χ1) is 12.1. The van der Waals surface area contributed by atoms with E-state index in [1.54, 1.807) is 13.8 Å². The van der Waals surface area contributed by atoms with Gasteiger partial charge in [0.1, 0.15) is 18.0 Å². The van der Waals surface area contributed by atoms with Gasteiger partial charge in [-0.2, -0.15) is 4.98 Å². The maximum absolute atomic E-state index is 13.8. The van der Waals surface area contributed by atoms with Crippen molar-refractivity contribution in [2.75, 3.05) is 12.3 Å². The number of nitrogen functional groups attached to an aromatic ring is 1. The van der Waals surface area contributed by atoms with Crippen LogP contribution in [0.2, 0.25) is 0 Å². The number of ether oxygens (including phenoxy) is 1. The Bertz CT molecular complexity index is 791. The molecule has 0 aromatic carbocycles. The molecule has 0 spiro atoms. The van der Waals surface area contributed by atoms with Crippen LogP contribution in [0.25, 0.3) is 0 Å². The highest BCUT2D eigenvalue weighted by atomic mass is 31.2. The van der Waals surface area contributed by atoms with E-state index in [2.05, 4.69) is 4.98 Å². The van der Waals surface area contributed by atoms with Crippen LogP contribution < -0.4 is 11.4 Å². The standard InChI is InChI=1S/C13H18F2N3O7P/c1-6(2)24-26(21)22-5-13(11(14)15)9(25-26)8(19)10(23-13)18-4-3-7(16)17-12(18)20/h3-4,6,8-11,19H,5H2,1-2H3,(H2,16,17,20)/t8-,9-,10-,13-,26?/m0/s1. The fraction of sp³-hybridized carbons (Fsp3) is 0.692. The van der Waals surface area contributed by atoms with E-state index in [0.717, 1.165) is 10.8 Å². The molecule has 0 saturated carbocycles. The maximum Gasteiger partial charge on any atom is 0.475 e. The first-order valence-corrected chi connectivity index (χ1v) is 9.14. The molecule has 1 aromatic heterocycles. The van der Waals surface area contributed by atoms with Crippen LogP contribution in [-0.4, -0.2) is 51.6 Å². The molecule has 0 radical (unpaired) electrons. The zero-order valence-corrected chi connectivity index (χ0v) is 14.7. The number of aliphatic hydroxyl groups excluding tert-OH is 1. The predicted octanol–water partition coefficient (Wildman–Crippen LogP) is 0.668. The maximum atomic E-state index is 13.8. The van der Waals surface area contributed by atoms with Crippen LogP contribution in [0.1, 0.15) is 20.1 Å². The summed E-state index contributed by atoms with van der Waals surface area (Å²) >= 11 is 0. The van der Waals surface area contributed by atoms with Crippen molar-refractivity contribution < 1.29 is 36.8 Å². The number of anilines is 1. The summed E-state index contributed by atoms with van der Waals surface area (Å²) in [5.41, 5.74) is 2.04. The molecule has 13 heteroatoms. The Morgan fingerprint density at radius 2 is 2.23 bits per heavy atom. The summed E-state index contributed by atoms with van der Waals surface area (Å²) < 4.78 is 61.1. The Morgan fingerprint density at radius 1 is 1.54 bits per heavy atom. The lowest BCUT2D eigenvalue weighted by Gasteiger charge is -2.39. The van der Waals surface area contributed by atoms with E-state index in [-0.39, 0.29) is 5.82 Å². The summed E-state index contributed by atoms with van der Waals surface area (Å²) in [6, 6.07) is 1.23. The highest BCUT2D eigenvalue weighted by molar-refractivity contribution is 7.48. The molecule has 0 bridgehead atoms. The minimum absolute atomic E-state index is 0.0888. The largest absolute Gasteiger partial charge is 0.475 e. The molecule has 146 valence electrons. The highest BCUT2D eigenvalue weighted by Crippen LogP contribution is 2.61. The van der Waals surface area contributed by atoms with Crippen molar-refractivity contribution >= 4 is 13.6 Å². The average Bonchev–Trinajstić information content (AvgIpc) is 2.80. The number of nitrogens with zero attached hydrogens (tertiary/aromatic N) is 2. The molecule has 3 rings (SSSR count). The second kappa shape index (κ2) is 6.63. The molecule has 5 atom stereocenters. The number of aliphatic hydroxyl groups is 1. The Kier molecular flexibility index (Phi) is 4.93. The summed E-state index contributed by atoms with van der Waals surface area (Å²) in [5, 5.41) is 10.5. The van der Waals surface area contributed by atoms with Gasteiger partial charge in [-0.1, -0.05) is 0 Å². The van der Waals surface area contributed by atoms with Gasteiger partial charge in [-0.25, -0.2) is 18.1 Å². The van der Waals surface area contributed by atoms with Gasteiger partial charge in [0.25, 0.3) is 6.43 Å². The van der Waals surface area contributed by atoms with Crippen molar-refractivity contribution in [3.63, 3.8) is 0 Å². The number of rotatable bonds is 4. The Hall–Kier alpha value is -1.43. The van der Waals surface area contributed by atoms with Crippen LogP contribution in [-0.2, 0) is 22.9 Å². The summed E-state index contributed by atoms with van der Waals surface area (Å²) in [6.45, 7) is 2.24. The van der Waals surface area contributed by atoms with Crippen LogP contribution >= 0.6 is 7.82 Å². The van der Waals surface area contributed by atoms with Gasteiger partial charge in [0, 0.05) is 6.20 Å². The van der Waals surface area contributed by atoms with Crippen molar-refractivity contribution in [2.24, 2.45) is 0 Å². The van der Waals surface area contributed by atoms with Crippen molar-refractivity contribution in [2.45, 2.75) is 50.4 Å². The molecule has 1 aromatic rings. The predicted molar refractivity (Wildman–Crippen MR) is 82.4 cm³/mol. The number of hydrogen-bond donors (Lipinski definition) is 2. The van der Waals surface area contributed by atoms with E-state index in [4.69, 9.17) is 24.0 Å². The molecule has 2 fully saturated rings. The van der Waals surface area contributed by atoms with Crippen molar-refractivity contribution in [3.05, 3.63) is 22.7 Å². The number of phosphoric acid groups is 1. The summed E-state index contributed by atoms with van der Waals surface area (Å²) in [6.07, 6.45) is -7.70. The molecule has 10 nitrogen and oxygen atoms in total. The van der Waals surface area contributed by atoms with Crippen molar-refractivity contribution in [1.82, 2.24) is 9.55 Å². The lowest BCUT2D eigenvalue weighted by atomic mass is 9.96. The molecular weight excluding hydrogens is 379 g/mol. The molecule has 26 heavy (non-hydrogen) atoms. The van der Waals surface area contributed by atoms with Gasteiger partial charge in [-0.15, -0.1) is 0 Å². The number of halogens is 2. The van der Waals surface area contributed by atoms with Gasteiger partial charge in [0.2, 0.25) is 0 Å². The van der Waals surface area contributed by atoms with Gasteiger partial charge >= 0.3 is 13.5 Å². The second-order valence-corrected chi connectivity index (χ2v) is 7.77. The smallest absolute Gasteiger partial charge is 0.386 e. The Labute approximate surface area is 146 Å². The molecule has 3 N–H and O–H groups in total. The first kappa shape index (κ1) is 19.3. The topological polar surface area (TPSA) is 135 Å². The van der Waals surface area contributed by atoms with E-state index in [1.165, 1.54) is 6.07 Å². The molecule has 3 heterocycles. The average molecular weight is 397 g/mol. The number of phosphoric ester groups is 1. The third-order valence-corrected chi connectivity index (χ3v) is 5.56. The van der Waals surface area contributed by atoms with Crippen molar-refractivity contribution in [1.29, 1.82) is 0 Å². The Balaban J connectivity index is 1.97. The minimum atomic E-state index is -4.19. The van der Waals surface area contributed by atoms with E-state index in [9.17, 15) is 23.2 Å². The number of aromatic nitrogens is 2. The lowest BCUT2D eigenvalue weighted by molar-refractivity contribution is -0.208. The van der Waals surface area contributed by atoms with E-state index in [0.29, 0.717) is 0 Å². The van der Waals surface area contributed by atoms with Crippen LogP contribution in [0, 0.1) is 0 Å². The van der Waals surface area contributed by atoms with E-state index in [1.807, 2.05) is 0 Å². The molecular formula is C13H18F2N3O7P. The second-order valence-electron chi connectivity index (χ2n) is 6.20. The zero-order chi connectivity index (χ0) is 19.3. The third-order valence-electron chi connectivity index (χ3n) is 3.95. The van der Waals surface area contributed by atoms with Gasteiger partial charge in [0.15, 0.2) is 11.8 Å². The normalized spacial score (nSPS) is 37.3. The van der Waals surface area contributed by atoms with E-state index >= 15 is 0 Å². The Morgan fingerprint density at radius 3 is 2.81 bits per heavy atom. The number of alkyl halides is 2. The van der Waals surface area contributed by atoms with Gasteiger partial charge in [-0.3, -0.25) is 18.1 Å². The molecule has 0 amide bonds.